The van der Waals surface area contributed by atoms with E-state index in [0.29, 0.717) is 5.16 Å². The third kappa shape index (κ3) is 7.96. The summed E-state index contributed by atoms with van der Waals surface area (Å²) in [5, 5.41) is 0.417. The van der Waals surface area contributed by atoms with Crippen molar-refractivity contribution in [3.05, 3.63) is 59.7 Å². The lowest BCUT2D eigenvalue weighted by molar-refractivity contribution is 0.482. The number of ether oxygens (including phenoxy) is 1. The Morgan fingerprint density at radius 2 is 0.950 bits per heavy atom. The Balaban J connectivity index is 0.000000347. The first-order valence-electron chi connectivity index (χ1n) is 6.84. The number of aryl methyl sites for hydroxylation is 2. The Kier molecular flexibility index (Phi) is 6.23. The molecule has 1 atom stereocenters. The lowest BCUT2D eigenvalue weighted by Crippen LogP contribution is -1.97. The van der Waals surface area contributed by atoms with Crippen molar-refractivity contribution in [1.29, 1.82) is 0 Å². The predicted molar refractivity (Wildman–Crippen MR) is 91.9 cm³/mol. The summed E-state index contributed by atoms with van der Waals surface area (Å²) < 4.78 is 5.69. The largest absolute Gasteiger partial charge is 0.457 e. The summed E-state index contributed by atoms with van der Waals surface area (Å²) in [5.74, 6) is 1.76. The number of benzene rings is 2. The maximum Gasteiger partial charge on any atom is 0.127 e. The first-order valence-corrected chi connectivity index (χ1v) is 7.42. The van der Waals surface area contributed by atoms with Crippen molar-refractivity contribution in [3.8, 4) is 11.5 Å². The SMILES string of the molecule is CC(C)(C)P.Cc1ccc(Oc2ccc(C)cc2)cc1. The molecule has 0 heterocycles. The van der Waals surface area contributed by atoms with Crippen LogP contribution in [0.15, 0.2) is 48.5 Å². The average molecular weight is 288 g/mol. The van der Waals surface area contributed by atoms with Crippen molar-refractivity contribution in [2.75, 3.05) is 0 Å². The van der Waals surface area contributed by atoms with Crippen LogP contribution in [0.2, 0.25) is 0 Å². The van der Waals surface area contributed by atoms with E-state index in [2.05, 4.69) is 43.9 Å². The Morgan fingerprint density at radius 1 is 0.700 bits per heavy atom. The Labute approximate surface area is 125 Å². The van der Waals surface area contributed by atoms with E-state index in [0.717, 1.165) is 11.5 Å². The molecule has 0 saturated carbocycles. The predicted octanol–water partition coefficient (Wildman–Crippen LogP) is 5.76. The van der Waals surface area contributed by atoms with Crippen LogP contribution >= 0.6 is 9.24 Å². The van der Waals surface area contributed by atoms with Crippen LogP contribution in [0.5, 0.6) is 11.5 Å². The van der Waals surface area contributed by atoms with Gasteiger partial charge in [-0.05, 0) is 43.3 Å². The first-order chi connectivity index (χ1) is 9.24. The van der Waals surface area contributed by atoms with Gasteiger partial charge >= 0.3 is 0 Å². The van der Waals surface area contributed by atoms with Crippen LogP contribution in [0.3, 0.4) is 0 Å². The van der Waals surface area contributed by atoms with Crippen molar-refractivity contribution in [3.63, 3.8) is 0 Å². The maximum absolute atomic E-state index is 5.69. The summed E-state index contributed by atoms with van der Waals surface area (Å²) in [5.41, 5.74) is 2.48. The Hall–Kier alpha value is -1.33. The van der Waals surface area contributed by atoms with Gasteiger partial charge in [-0.1, -0.05) is 56.2 Å². The van der Waals surface area contributed by atoms with Crippen molar-refractivity contribution >= 4 is 9.24 Å². The summed E-state index contributed by atoms with van der Waals surface area (Å²) in [6.45, 7) is 10.6. The molecular weight excluding hydrogens is 263 g/mol. The number of hydrogen-bond donors (Lipinski definition) is 0. The fraction of sp³-hybridized carbons (Fsp3) is 0.333. The van der Waals surface area contributed by atoms with Gasteiger partial charge in [-0.3, -0.25) is 0 Å². The molecule has 1 unspecified atom stereocenters. The summed E-state index contributed by atoms with van der Waals surface area (Å²) in [6, 6.07) is 16.1. The molecule has 0 aliphatic rings. The molecule has 0 amide bonds. The van der Waals surface area contributed by atoms with E-state index < -0.39 is 0 Å². The molecule has 2 rings (SSSR count). The van der Waals surface area contributed by atoms with Crippen molar-refractivity contribution in [1.82, 2.24) is 0 Å². The molecule has 0 bridgehead atoms. The fourth-order valence-electron chi connectivity index (χ4n) is 1.35. The van der Waals surface area contributed by atoms with Gasteiger partial charge in [-0.15, -0.1) is 9.24 Å². The van der Waals surface area contributed by atoms with Gasteiger partial charge in [0.25, 0.3) is 0 Å². The van der Waals surface area contributed by atoms with Crippen molar-refractivity contribution in [2.24, 2.45) is 0 Å². The second-order valence-electron chi connectivity index (χ2n) is 6.09. The minimum absolute atomic E-state index is 0.417. The summed E-state index contributed by atoms with van der Waals surface area (Å²) in [4.78, 5) is 0. The van der Waals surface area contributed by atoms with Crippen LogP contribution in [0.1, 0.15) is 31.9 Å². The Morgan fingerprint density at radius 3 is 1.20 bits per heavy atom. The Bertz CT molecular complexity index is 457. The summed E-state index contributed by atoms with van der Waals surface area (Å²) in [7, 11) is 2.72. The molecule has 0 spiro atoms. The third-order valence-electron chi connectivity index (χ3n) is 2.28. The molecule has 20 heavy (non-hydrogen) atoms. The molecule has 2 heteroatoms. The van der Waals surface area contributed by atoms with Crippen LogP contribution in [0.25, 0.3) is 0 Å². The van der Waals surface area contributed by atoms with Gasteiger partial charge < -0.3 is 4.74 Å². The standard InChI is InChI=1S/C14H14O.C4H11P/c1-11-3-7-13(8-4-11)15-14-9-5-12(2)6-10-14;1-4(2,3)5/h3-10H,1-2H3;5H2,1-3H3. The van der Waals surface area contributed by atoms with Gasteiger partial charge in [0.15, 0.2) is 0 Å². The highest BCUT2D eigenvalue weighted by molar-refractivity contribution is 7.18. The van der Waals surface area contributed by atoms with Gasteiger partial charge in [-0.25, -0.2) is 0 Å². The summed E-state index contributed by atoms with van der Waals surface area (Å²) >= 11 is 0. The van der Waals surface area contributed by atoms with E-state index in [1.54, 1.807) is 0 Å². The number of hydrogen-bond acceptors (Lipinski definition) is 1. The van der Waals surface area contributed by atoms with Crippen LogP contribution in [-0.4, -0.2) is 5.16 Å². The molecule has 0 aliphatic heterocycles. The lowest BCUT2D eigenvalue weighted by atomic mass is 10.2. The van der Waals surface area contributed by atoms with Crippen LogP contribution < -0.4 is 4.74 Å². The molecule has 0 aliphatic carbocycles. The van der Waals surface area contributed by atoms with Gasteiger partial charge in [0.05, 0.1) is 0 Å². The molecule has 108 valence electrons. The normalized spacial score (nSPS) is 10.5. The number of rotatable bonds is 2. The van der Waals surface area contributed by atoms with Gasteiger partial charge in [-0.2, -0.15) is 0 Å². The highest BCUT2D eigenvalue weighted by Gasteiger charge is 1.96. The monoisotopic (exact) mass is 288 g/mol. The van der Waals surface area contributed by atoms with Crippen molar-refractivity contribution in [2.45, 2.75) is 39.8 Å². The van der Waals surface area contributed by atoms with E-state index in [1.165, 1.54) is 11.1 Å². The van der Waals surface area contributed by atoms with E-state index in [-0.39, 0.29) is 0 Å². The van der Waals surface area contributed by atoms with E-state index >= 15 is 0 Å². The average Bonchev–Trinajstić information content (AvgIpc) is 2.33. The zero-order valence-corrected chi connectivity index (χ0v) is 14.3. The van der Waals surface area contributed by atoms with Crippen LogP contribution in [0.4, 0.5) is 0 Å². The second kappa shape index (κ2) is 7.45. The van der Waals surface area contributed by atoms with Crippen LogP contribution in [0, 0.1) is 13.8 Å². The van der Waals surface area contributed by atoms with E-state index in [4.69, 9.17) is 4.74 Å². The smallest absolute Gasteiger partial charge is 0.127 e. The highest BCUT2D eigenvalue weighted by atomic mass is 31.0. The zero-order valence-electron chi connectivity index (χ0n) is 13.1. The van der Waals surface area contributed by atoms with Crippen LogP contribution in [-0.2, 0) is 0 Å². The van der Waals surface area contributed by atoms with Crippen molar-refractivity contribution < 1.29 is 4.74 Å². The van der Waals surface area contributed by atoms with Gasteiger partial charge in [0.1, 0.15) is 11.5 Å². The topological polar surface area (TPSA) is 9.23 Å². The first kappa shape index (κ1) is 16.7. The molecule has 0 aromatic heterocycles. The third-order valence-corrected chi connectivity index (χ3v) is 2.28. The fourth-order valence-corrected chi connectivity index (χ4v) is 1.35. The molecular formula is C18H25OP. The molecule has 0 radical (unpaired) electrons. The molecule has 1 nitrogen and oxygen atoms in total. The molecule has 2 aromatic carbocycles. The van der Waals surface area contributed by atoms with E-state index in [1.807, 2.05) is 48.5 Å². The molecule has 0 saturated heterocycles. The summed E-state index contributed by atoms with van der Waals surface area (Å²) in [6.07, 6.45) is 0. The minimum atomic E-state index is 0.417. The maximum atomic E-state index is 5.69. The second-order valence-corrected chi connectivity index (χ2v) is 7.83. The minimum Gasteiger partial charge on any atom is -0.457 e. The van der Waals surface area contributed by atoms with E-state index in [9.17, 15) is 0 Å². The zero-order chi connectivity index (χ0) is 15.2. The molecule has 2 aromatic rings. The molecule has 0 N–H and O–H groups in total. The highest BCUT2D eigenvalue weighted by Crippen LogP contribution is 2.21. The lowest BCUT2D eigenvalue weighted by Gasteiger charge is -2.05. The van der Waals surface area contributed by atoms with Gasteiger partial charge in [0, 0.05) is 0 Å². The van der Waals surface area contributed by atoms with Gasteiger partial charge in [0.2, 0.25) is 0 Å². The molecule has 0 fully saturated rings. The quantitative estimate of drug-likeness (QED) is 0.639.